The summed E-state index contributed by atoms with van der Waals surface area (Å²) in [6.07, 6.45) is 2.82. The van der Waals surface area contributed by atoms with Crippen LogP contribution in [-0.2, 0) is 27.7 Å². The van der Waals surface area contributed by atoms with Gasteiger partial charge in [0.2, 0.25) is 15.9 Å². The summed E-state index contributed by atoms with van der Waals surface area (Å²) in [6, 6.07) is 19.3. The number of tetrazole rings is 1. The van der Waals surface area contributed by atoms with E-state index in [2.05, 4.69) is 26.2 Å². The molecule has 2 amide bonds. The minimum atomic E-state index is -3.89. The number of carbonyl (C=O) groups is 2. The average Bonchev–Trinajstić information content (AvgIpc) is 3.46. The third kappa shape index (κ3) is 7.69. The van der Waals surface area contributed by atoms with E-state index >= 15 is 0 Å². The quantitative estimate of drug-likeness (QED) is 0.250. The number of primary sulfonamides is 1. The molecule has 4 rings (SSSR count). The highest BCUT2D eigenvalue weighted by molar-refractivity contribution is 7.89. The van der Waals surface area contributed by atoms with Gasteiger partial charge in [0.1, 0.15) is 12.4 Å². The number of benzene rings is 3. The first-order valence-corrected chi connectivity index (χ1v) is 13.9. The zero-order chi connectivity index (χ0) is 27.8. The Morgan fingerprint density at radius 3 is 2.41 bits per heavy atom. The van der Waals surface area contributed by atoms with Gasteiger partial charge < -0.3 is 10.6 Å². The molecule has 0 aliphatic heterocycles. The van der Waals surface area contributed by atoms with Crippen LogP contribution in [-0.4, -0.2) is 53.0 Å². The van der Waals surface area contributed by atoms with Crippen molar-refractivity contribution in [2.45, 2.75) is 30.2 Å². The van der Waals surface area contributed by atoms with E-state index in [4.69, 9.17) is 16.7 Å². The predicted octanol–water partition coefficient (Wildman–Crippen LogP) is 2.05. The number of aryl methyl sites for hydroxylation is 1. The topological polar surface area (TPSA) is 162 Å². The van der Waals surface area contributed by atoms with Gasteiger partial charge in [-0.05, 0) is 83.3 Å². The average molecular weight is 568 g/mol. The third-order valence-corrected chi connectivity index (χ3v) is 7.13. The Morgan fingerprint density at radius 1 is 1.00 bits per heavy atom. The number of nitrogens with two attached hydrogens (primary N) is 1. The second-order valence-electron chi connectivity index (χ2n) is 8.69. The van der Waals surface area contributed by atoms with E-state index in [-0.39, 0.29) is 22.9 Å². The van der Waals surface area contributed by atoms with Crippen molar-refractivity contribution in [3.05, 3.63) is 101 Å². The highest BCUT2D eigenvalue weighted by Gasteiger charge is 2.22. The normalized spacial score (nSPS) is 12.1. The number of sulfonamides is 1. The fraction of sp³-hybridized carbons (Fsp3) is 0.192. The maximum absolute atomic E-state index is 13.2. The Kier molecular flexibility index (Phi) is 9.02. The van der Waals surface area contributed by atoms with E-state index in [9.17, 15) is 18.0 Å². The van der Waals surface area contributed by atoms with E-state index in [1.54, 1.807) is 18.2 Å². The lowest BCUT2D eigenvalue weighted by Crippen LogP contribution is -2.47. The van der Waals surface area contributed by atoms with Gasteiger partial charge in [-0.25, -0.2) is 18.2 Å². The number of hydrogen-bond donors (Lipinski definition) is 3. The molecule has 0 fully saturated rings. The molecule has 0 aliphatic carbocycles. The summed E-state index contributed by atoms with van der Waals surface area (Å²) in [7, 11) is -3.89. The maximum Gasteiger partial charge on any atom is 0.251 e. The standard InChI is InChI=1S/C26H26ClN7O4S/c27-21-9-13-24(34-17-30-32-33-34)20(16-21)14-15-29-26(36)23(12-6-18-4-2-1-3-5-18)31-25(35)19-7-10-22(11-8-19)39(28,37)38/h1-5,7-11,13,16-17,23H,6,12,14-15H2,(H,29,36)(H,31,35)(H2,28,37,38)/t23-/m0/s1. The van der Waals surface area contributed by atoms with Gasteiger partial charge in [-0.3, -0.25) is 9.59 Å². The zero-order valence-electron chi connectivity index (χ0n) is 20.7. The predicted molar refractivity (Wildman–Crippen MR) is 145 cm³/mol. The summed E-state index contributed by atoms with van der Waals surface area (Å²) in [5.41, 5.74) is 2.78. The highest BCUT2D eigenvalue weighted by atomic mass is 35.5. The fourth-order valence-corrected chi connectivity index (χ4v) is 4.67. The molecule has 0 unspecified atom stereocenters. The first-order chi connectivity index (χ1) is 18.7. The molecule has 1 aromatic heterocycles. The smallest absolute Gasteiger partial charge is 0.251 e. The lowest BCUT2D eigenvalue weighted by atomic mass is 10.0. The van der Waals surface area contributed by atoms with Crippen molar-refractivity contribution in [2.75, 3.05) is 6.54 Å². The summed E-state index contributed by atoms with van der Waals surface area (Å²) in [6.45, 7) is 0.273. The number of hydrogen-bond acceptors (Lipinski definition) is 7. The third-order valence-electron chi connectivity index (χ3n) is 5.96. The maximum atomic E-state index is 13.2. The SMILES string of the molecule is NS(=O)(=O)c1ccc(C(=O)N[C@@H](CCc2ccccc2)C(=O)NCCc2cc(Cl)ccc2-n2cnnn2)cc1. The van der Waals surface area contributed by atoms with Crippen molar-refractivity contribution in [3.63, 3.8) is 0 Å². The van der Waals surface area contributed by atoms with Crippen molar-refractivity contribution in [3.8, 4) is 5.69 Å². The summed E-state index contributed by atoms with van der Waals surface area (Å²) in [5, 5.41) is 22.6. The lowest BCUT2D eigenvalue weighted by Gasteiger charge is -2.19. The molecule has 3 aromatic carbocycles. The Morgan fingerprint density at radius 2 is 1.74 bits per heavy atom. The molecule has 0 aliphatic rings. The molecule has 4 N–H and O–H groups in total. The van der Waals surface area contributed by atoms with Gasteiger partial charge in [0.05, 0.1) is 10.6 Å². The monoisotopic (exact) mass is 567 g/mol. The number of aromatic nitrogens is 4. The van der Waals surface area contributed by atoms with E-state index in [0.717, 1.165) is 16.8 Å². The van der Waals surface area contributed by atoms with Gasteiger partial charge in [0.15, 0.2) is 0 Å². The summed E-state index contributed by atoms with van der Waals surface area (Å²) in [4.78, 5) is 26.0. The number of rotatable bonds is 11. The van der Waals surface area contributed by atoms with Crippen LogP contribution < -0.4 is 15.8 Å². The van der Waals surface area contributed by atoms with Crippen LogP contribution in [0.25, 0.3) is 5.69 Å². The molecule has 0 bridgehead atoms. The Balaban J connectivity index is 1.44. The molecule has 4 aromatic rings. The van der Waals surface area contributed by atoms with Crippen molar-refractivity contribution in [2.24, 2.45) is 5.14 Å². The van der Waals surface area contributed by atoms with Gasteiger partial charge in [-0.1, -0.05) is 41.9 Å². The molecule has 1 heterocycles. The molecular formula is C26H26ClN7O4S. The second-order valence-corrected chi connectivity index (χ2v) is 10.7. The Bertz CT molecular complexity index is 1530. The first-order valence-electron chi connectivity index (χ1n) is 12.0. The van der Waals surface area contributed by atoms with Crippen molar-refractivity contribution >= 4 is 33.4 Å². The number of nitrogens with one attached hydrogen (secondary N) is 2. The highest BCUT2D eigenvalue weighted by Crippen LogP contribution is 2.19. The van der Waals surface area contributed by atoms with Crippen LogP contribution in [0.2, 0.25) is 5.02 Å². The van der Waals surface area contributed by atoms with Crippen molar-refractivity contribution in [1.82, 2.24) is 30.8 Å². The second kappa shape index (κ2) is 12.6. The Hall–Kier alpha value is -4.13. The van der Waals surface area contributed by atoms with Crippen LogP contribution in [0.1, 0.15) is 27.9 Å². The van der Waals surface area contributed by atoms with Crippen molar-refractivity contribution < 1.29 is 18.0 Å². The molecule has 0 saturated carbocycles. The van der Waals surface area contributed by atoms with E-state index in [0.29, 0.717) is 24.3 Å². The molecule has 1 atom stereocenters. The molecule has 11 nitrogen and oxygen atoms in total. The van der Waals surface area contributed by atoms with Crippen LogP contribution in [0.3, 0.4) is 0 Å². The van der Waals surface area contributed by atoms with Crippen LogP contribution in [0.15, 0.2) is 84.0 Å². The molecule has 13 heteroatoms. The molecule has 0 radical (unpaired) electrons. The number of amides is 2. The fourth-order valence-electron chi connectivity index (χ4n) is 3.96. The van der Waals surface area contributed by atoms with E-state index in [1.165, 1.54) is 35.3 Å². The van der Waals surface area contributed by atoms with Gasteiger partial charge in [-0.15, -0.1) is 5.10 Å². The molecule has 0 spiro atoms. The molecule has 39 heavy (non-hydrogen) atoms. The van der Waals surface area contributed by atoms with Crippen LogP contribution in [0, 0.1) is 0 Å². The summed E-state index contributed by atoms with van der Waals surface area (Å²) in [5.74, 6) is -0.869. The molecule has 0 saturated heterocycles. The molecular weight excluding hydrogens is 542 g/mol. The Labute approximate surface area is 230 Å². The minimum absolute atomic E-state index is 0.112. The van der Waals surface area contributed by atoms with Crippen LogP contribution >= 0.6 is 11.6 Å². The van der Waals surface area contributed by atoms with Crippen LogP contribution in [0.4, 0.5) is 0 Å². The van der Waals surface area contributed by atoms with Crippen molar-refractivity contribution in [1.29, 1.82) is 0 Å². The largest absolute Gasteiger partial charge is 0.354 e. The lowest BCUT2D eigenvalue weighted by molar-refractivity contribution is -0.123. The number of carbonyl (C=O) groups excluding carboxylic acids is 2. The van der Waals surface area contributed by atoms with Gasteiger partial charge >= 0.3 is 0 Å². The van der Waals surface area contributed by atoms with Gasteiger partial charge in [-0.2, -0.15) is 0 Å². The van der Waals surface area contributed by atoms with E-state index in [1.807, 2.05) is 30.3 Å². The molecule has 202 valence electrons. The summed E-state index contributed by atoms with van der Waals surface area (Å²) >= 11 is 6.18. The van der Waals surface area contributed by atoms with Gasteiger partial charge in [0.25, 0.3) is 5.91 Å². The van der Waals surface area contributed by atoms with Crippen LogP contribution in [0.5, 0.6) is 0 Å². The zero-order valence-corrected chi connectivity index (χ0v) is 22.3. The van der Waals surface area contributed by atoms with E-state index < -0.39 is 22.0 Å². The first kappa shape index (κ1) is 27.9. The number of halogens is 1. The number of nitrogens with zero attached hydrogens (tertiary/aromatic N) is 4. The minimum Gasteiger partial charge on any atom is -0.354 e. The summed E-state index contributed by atoms with van der Waals surface area (Å²) < 4.78 is 24.5. The van der Waals surface area contributed by atoms with Gasteiger partial charge in [0, 0.05) is 17.1 Å².